The minimum Gasteiger partial charge on any atom is -0.481 e. The van der Waals surface area contributed by atoms with Crippen molar-refractivity contribution in [1.29, 1.82) is 0 Å². The molecule has 0 bridgehead atoms. The van der Waals surface area contributed by atoms with Crippen molar-refractivity contribution < 1.29 is 19.4 Å². The molecule has 1 aliphatic rings. The summed E-state index contributed by atoms with van der Waals surface area (Å²) in [6.45, 7) is 3.21. The van der Waals surface area contributed by atoms with Gasteiger partial charge < -0.3 is 19.5 Å². The Morgan fingerprint density at radius 1 is 1.29 bits per heavy atom. The third-order valence-corrected chi connectivity index (χ3v) is 4.00. The molecule has 2 aromatic heterocycles. The second-order valence-electron chi connectivity index (χ2n) is 5.60. The summed E-state index contributed by atoms with van der Waals surface area (Å²) in [5.74, 6) is 0.470. The number of nitrogens with zero attached hydrogens (tertiary/aromatic N) is 4. The van der Waals surface area contributed by atoms with Gasteiger partial charge in [-0.1, -0.05) is 0 Å². The van der Waals surface area contributed by atoms with Gasteiger partial charge in [0.25, 0.3) is 5.91 Å². The van der Waals surface area contributed by atoms with Crippen molar-refractivity contribution in [3.05, 3.63) is 35.2 Å². The predicted molar refractivity (Wildman–Crippen MR) is 84.9 cm³/mol. The molecule has 1 aliphatic heterocycles. The zero-order valence-corrected chi connectivity index (χ0v) is 13.9. The SMILES string of the molecule is COc1ccc(C(=O)N2CCn3nc([C@H](C)O)cc3C2)c(OC)n1. The van der Waals surface area contributed by atoms with E-state index in [1.54, 1.807) is 24.0 Å². The van der Waals surface area contributed by atoms with Gasteiger partial charge in [-0.05, 0) is 19.1 Å². The van der Waals surface area contributed by atoms with Crippen LogP contribution >= 0.6 is 0 Å². The van der Waals surface area contributed by atoms with Gasteiger partial charge in [0, 0.05) is 12.6 Å². The van der Waals surface area contributed by atoms with Gasteiger partial charge in [0.05, 0.1) is 44.8 Å². The quantitative estimate of drug-likeness (QED) is 0.898. The number of aromatic nitrogens is 3. The van der Waals surface area contributed by atoms with Crippen LogP contribution in [0.1, 0.15) is 34.8 Å². The van der Waals surface area contributed by atoms with E-state index in [1.807, 2.05) is 10.7 Å². The first-order valence-electron chi connectivity index (χ1n) is 7.66. The Balaban J connectivity index is 1.83. The number of hydrogen-bond donors (Lipinski definition) is 1. The summed E-state index contributed by atoms with van der Waals surface area (Å²) in [6, 6.07) is 5.11. The van der Waals surface area contributed by atoms with E-state index in [9.17, 15) is 9.90 Å². The van der Waals surface area contributed by atoms with Crippen LogP contribution in [0.3, 0.4) is 0 Å². The van der Waals surface area contributed by atoms with E-state index < -0.39 is 6.10 Å². The Bertz CT molecular complexity index is 757. The Hall–Kier alpha value is -2.61. The highest BCUT2D eigenvalue weighted by Crippen LogP contribution is 2.24. The van der Waals surface area contributed by atoms with Crippen molar-refractivity contribution in [3.63, 3.8) is 0 Å². The summed E-state index contributed by atoms with van der Waals surface area (Å²) >= 11 is 0. The number of aliphatic hydroxyl groups excluding tert-OH is 1. The molecule has 1 N–H and O–H groups in total. The number of aliphatic hydroxyl groups is 1. The number of amides is 1. The topological polar surface area (TPSA) is 89.7 Å². The number of ether oxygens (including phenoxy) is 2. The first kappa shape index (κ1) is 16.3. The maximum atomic E-state index is 12.8. The highest BCUT2D eigenvalue weighted by atomic mass is 16.5. The molecule has 0 unspecified atom stereocenters. The van der Waals surface area contributed by atoms with E-state index in [0.29, 0.717) is 36.8 Å². The maximum absolute atomic E-state index is 12.8. The van der Waals surface area contributed by atoms with E-state index in [2.05, 4.69) is 10.1 Å². The van der Waals surface area contributed by atoms with E-state index in [4.69, 9.17) is 9.47 Å². The molecule has 0 fully saturated rings. The van der Waals surface area contributed by atoms with Crippen LogP contribution in [-0.2, 0) is 13.1 Å². The molecule has 0 saturated heterocycles. The molecule has 24 heavy (non-hydrogen) atoms. The van der Waals surface area contributed by atoms with E-state index in [1.165, 1.54) is 14.2 Å². The van der Waals surface area contributed by atoms with Gasteiger partial charge in [0.1, 0.15) is 5.56 Å². The molecule has 0 aromatic carbocycles. The van der Waals surface area contributed by atoms with Gasteiger partial charge in [0.15, 0.2) is 0 Å². The largest absolute Gasteiger partial charge is 0.481 e. The third kappa shape index (κ3) is 2.92. The van der Waals surface area contributed by atoms with Gasteiger partial charge in [-0.15, -0.1) is 0 Å². The highest BCUT2D eigenvalue weighted by Gasteiger charge is 2.26. The molecule has 8 nitrogen and oxygen atoms in total. The minimum atomic E-state index is -0.627. The number of methoxy groups -OCH3 is 2. The molecule has 1 amide bonds. The van der Waals surface area contributed by atoms with E-state index in [-0.39, 0.29) is 11.8 Å². The summed E-state index contributed by atoms with van der Waals surface area (Å²) in [6.07, 6.45) is -0.627. The minimum absolute atomic E-state index is 0.159. The fourth-order valence-electron chi connectivity index (χ4n) is 2.69. The zero-order chi connectivity index (χ0) is 17.3. The fourth-order valence-corrected chi connectivity index (χ4v) is 2.69. The first-order chi connectivity index (χ1) is 11.5. The zero-order valence-electron chi connectivity index (χ0n) is 13.9. The summed E-state index contributed by atoms with van der Waals surface area (Å²) in [4.78, 5) is 18.7. The first-order valence-corrected chi connectivity index (χ1v) is 7.66. The normalized spacial score (nSPS) is 14.9. The average molecular weight is 332 g/mol. The molecule has 0 spiro atoms. The lowest BCUT2D eigenvalue weighted by atomic mass is 10.2. The van der Waals surface area contributed by atoms with Crippen molar-refractivity contribution in [2.45, 2.75) is 26.1 Å². The summed E-state index contributed by atoms with van der Waals surface area (Å²) < 4.78 is 12.1. The van der Waals surface area contributed by atoms with Crippen molar-refractivity contribution in [2.24, 2.45) is 0 Å². The lowest BCUT2D eigenvalue weighted by Crippen LogP contribution is -2.38. The number of rotatable bonds is 4. The van der Waals surface area contributed by atoms with Crippen molar-refractivity contribution >= 4 is 5.91 Å². The van der Waals surface area contributed by atoms with Crippen LogP contribution in [0.4, 0.5) is 0 Å². The fraction of sp³-hybridized carbons (Fsp3) is 0.438. The highest BCUT2D eigenvalue weighted by molar-refractivity contribution is 5.96. The summed E-state index contributed by atoms with van der Waals surface area (Å²) in [7, 11) is 2.98. The third-order valence-electron chi connectivity index (χ3n) is 4.00. The van der Waals surface area contributed by atoms with Crippen molar-refractivity contribution in [2.75, 3.05) is 20.8 Å². The standard InChI is InChI=1S/C16H20N4O4/c1-10(21)13-8-11-9-19(6-7-20(11)18-13)16(22)12-4-5-14(23-2)17-15(12)24-3/h4-5,8,10,21H,6-7,9H2,1-3H3/t10-/m0/s1. The molecule has 3 rings (SSSR count). The predicted octanol–water partition coefficient (Wildman–Crippen LogP) is 1.00. The second kappa shape index (κ2) is 6.48. The van der Waals surface area contributed by atoms with Gasteiger partial charge in [-0.25, -0.2) is 0 Å². The van der Waals surface area contributed by atoms with Gasteiger partial charge >= 0.3 is 0 Å². The second-order valence-corrected chi connectivity index (χ2v) is 5.60. The number of hydrogen-bond acceptors (Lipinski definition) is 6. The van der Waals surface area contributed by atoms with Crippen LogP contribution in [0.25, 0.3) is 0 Å². The maximum Gasteiger partial charge on any atom is 0.259 e. The molecule has 8 heteroatoms. The molecule has 0 aliphatic carbocycles. The Morgan fingerprint density at radius 2 is 2.08 bits per heavy atom. The van der Waals surface area contributed by atoms with Crippen LogP contribution < -0.4 is 9.47 Å². The number of carbonyl (C=O) groups excluding carboxylic acids is 1. The summed E-state index contributed by atoms with van der Waals surface area (Å²) in [5, 5.41) is 14.0. The molecular weight excluding hydrogens is 312 g/mol. The van der Waals surface area contributed by atoms with Crippen LogP contribution in [-0.4, -0.2) is 51.4 Å². The monoisotopic (exact) mass is 332 g/mol. The Kier molecular flexibility index (Phi) is 4.39. The smallest absolute Gasteiger partial charge is 0.259 e. The molecule has 1 atom stereocenters. The van der Waals surface area contributed by atoms with Crippen LogP contribution in [0.2, 0.25) is 0 Å². The molecule has 3 heterocycles. The van der Waals surface area contributed by atoms with Gasteiger partial charge in [0.2, 0.25) is 11.8 Å². The lowest BCUT2D eigenvalue weighted by Gasteiger charge is -2.28. The molecule has 128 valence electrons. The molecule has 0 saturated carbocycles. The molecule has 2 aromatic rings. The van der Waals surface area contributed by atoms with Gasteiger partial charge in [-0.2, -0.15) is 10.1 Å². The number of fused-ring (bicyclic) bond motifs is 1. The number of carbonyl (C=O) groups is 1. The van der Waals surface area contributed by atoms with E-state index in [0.717, 1.165) is 5.69 Å². The van der Waals surface area contributed by atoms with Crippen molar-refractivity contribution in [3.8, 4) is 11.8 Å². The van der Waals surface area contributed by atoms with Crippen molar-refractivity contribution in [1.82, 2.24) is 19.7 Å². The van der Waals surface area contributed by atoms with Crippen LogP contribution in [0.5, 0.6) is 11.8 Å². The molecule has 0 radical (unpaired) electrons. The summed E-state index contributed by atoms with van der Waals surface area (Å²) in [5.41, 5.74) is 1.90. The Labute approximate surface area is 139 Å². The number of pyridine rings is 1. The average Bonchev–Trinajstić information content (AvgIpc) is 3.04. The Morgan fingerprint density at radius 3 is 2.75 bits per heavy atom. The van der Waals surface area contributed by atoms with E-state index >= 15 is 0 Å². The van der Waals surface area contributed by atoms with Gasteiger partial charge in [-0.3, -0.25) is 9.48 Å². The lowest BCUT2D eigenvalue weighted by molar-refractivity contribution is 0.0701. The van der Waals surface area contributed by atoms with Crippen LogP contribution in [0, 0.1) is 0 Å². The molecular formula is C16H20N4O4. The van der Waals surface area contributed by atoms with Crippen LogP contribution in [0.15, 0.2) is 18.2 Å².